The quantitative estimate of drug-likeness (QED) is 0.474. The molecule has 0 saturated carbocycles. The normalized spacial score (nSPS) is 12.9. The summed E-state index contributed by atoms with van der Waals surface area (Å²) in [6.07, 6.45) is -0.423. The molecule has 0 saturated heterocycles. The second-order valence-electron chi connectivity index (χ2n) is 8.26. The average Bonchev–Trinajstić information content (AvgIpc) is 3.29. The van der Waals surface area contributed by atoms with E-state index >= 15 is 0 Å². The Hall–Kier alpha value is -4.32. The molecule has 9 heteroatoms. The van der Waals surface area contributed by atoms with Gasteiger partial charge < -0.3 is 10.2 Å². The van der Waals surface area contributed by atoms with E-state index in [2.05, 4.69) is 17.0 Å². The number of nitrogens with zero attached hydrogens (tertiary/aromatic N) is 4. The van der Waals surface area contributed by atoms with Gasteiger partial charge in [0.15, 0.2) is 0 Å². The number of rotatable bonds is 8. The number of alkyl halides is 2. The Morgan fingerprint density at radius 2 is 1.97 bits per heavy atom. The maximum Gasteiger partial charge on any atom is 0.277 e. The van der Waals surface area contributed by atoms with Crippen LogP contribution in [0.3, 0.4) is 0 Å². The summed E-state index contributed by atoms with van der Waals surface area (Å²) in [6, 6.07) is 15.8. The van der Waals surface area contributed by atoms with E-state index in [0.29, 0.717) is 36.4 Å². The molecule has 7 nitrogen and oxygen atoms in total. The largest absolute Gasteiger partial charge is 0.322 e. The number of hydrogen-bond donors (Lipinski definition) is 1. The SMILES string of the molecule is C=C(CCC(F)F)Cc1ccc(N2CCn3ncc(C(=O)Nc4cccc(C#N)c4)c3C2=O)cc1. The fraction of sp³-hybridized carbons (Fsp3) is 0.231. The van der Waals surface area contributed by atoms with Crippen LogP contribution in [0.15, 0.2) is 66.9 Å². The highest BCUT2D eigenvalue weighted by molar-refractivity contribution is 6.15. The molecular formula is C26H23F2N5O2. The van der Waals surface area contributed by atoms with Crippen molar-refractivity contribution in [2.75, 3.05) is 16.8 Å². The van der Waals surface area contributed by atoms with Gasteiger partial charge in [0.25, 0.3) is 11.8 Å². The summed E-state index contributed by atoms with van der Waals surface area (Å²) in [6.45, 7) is 4.68. The van der Waals surface area contributed by atoms with Crippen LogP contribution in [0.4, 0.5) is 20.2 Å². The van der Waals surface area contributed by atoms with Gasteiger partial charge in [0.05, 0.1) is 29.9 Å². The molecule has 0 aliphatic carbocycles. The third-order valence-electron chi connectivity index (χ3n) is 5.74. The molecule has 2 aromatic carbocycles. The first-order valence-corrected chi connectivity index (χ1v) is 11.1. The summed E-state index contributed by atoms with van der Waals surface area (Å²) in [4.78, 5) is 27.8. The van der Waals surface area contributed by atoms with Gasteiger partial charge in [-0.25, -0.2) is 8.78 Å². The molecule has 0 atom stereocenters. The zero-order valence-electron chi connectivity index (χ0n) is 18.9. The molecule has 1 aromatic heterocycles. The summed E-state index contributed by atoms with van der Waals surface area (Å²) >= 11 is 0. The van der Waals surface area contributed by atoms with Crippen LogP contribution in [0.5, 0.6) is 0 Å². The fourth-order valence-corrected chi connectivity index (χ4v) is 3.97. The number of hydrogen-bond acceptors (Lipinski definition) is 4. The predicted molar refractivity (Wildman–Crippen MR) is 128 cm³/mol. The highest BCUT2D eigenvalue weighted by atomic mass is 19.3. The number of halogens is 2. The van der Waals surface area contributed by atoms with Crippen molar-refractivity contribution in [2.45, 2.75) is 32.2 Å². The smallest absolute Gasteiger partial charge is 0.277 e. The minimum Gasteiger partial charge on any atom is -0.322 e. The Morgan fingerprint density at radius 3 is 2.69 bits per heavy atom. The molecule has 4 rings (SSSR count). The minimum absolute atomic E-state index is 0.147. The molecule has 1 aliphatic heterocycles. The van der Waals surface area contributed by atoms with E-state index in [0.717, 1.165) is 11.1 Å². The summed E-state index contributed by atoms with van der Waals surface area (Å²) < 4.78 is 26.3. The van der Waals surface area contributed by atoms with E-state index < -0.39 is 12.3 Å². The molecule has 2 heterocycles. The third kappa shape index (κ3) is 5.44. The van der Waals surface area contributed by atoms with Gasteiger partial charge in [0, 0.05) is 24.3 Å². The van der Waals surface area contributed by atoms with Crippen LogP contribution >= 0.6 is 0 Å². The Labute approximate surface area is 201 Å². The molecule has 0 unspecified atom stereocenters. The Morgan fingerprint density at radius 1 is 1.20 bits per heavy atom. The van der Waals surface area contributed by atoms with E-state index in [1.165, 1.54) is 10.9 Å². The van der Waals surface area contributed by atoms with Crippen LogP contribution in [-0.2, 0) is 13.0 Å². The van der Waals surface area contributed by atoms with Gasteiger partial charge in [-0.2, -0.15) is 10.4 Å². The lowest BCUT2D eigenvalue weighted by Gasteiger charge is -2.28. The van der Waals surface area contributed by atoms with Gasteiger partial charge in [-0.1, -0.05) is 30.4 Å². The van der Waals surface area contributed by atoms with Crippen molar-refractivity contribution in [2.24, 2.45) is 0 Å². The zero-order valence-corrected chi connectivity index (χ0v) is 18.9. The van der Waals surface area contributed by atoms with Crippen LogP contribution in [-0.4, -0.2) is 34.6 Å². The van der Waals surface area contributed by atoms with Gasteiger partial charge in [0.2, 0.25) is 6.43 Å². The molecule has 35 heavy (non-hydrogen) atoms. The first-order chi connectivity index (χ1) is 16.9. The number of nitrogens with one attached hydrogen (secondary N) is 1. The first-order valence-electron chi connectivity index (χ1n) is 11.1. The number of fused-ring (bicyclic) bond motifs is 1. The molecule has 3 aromatic rings. The van der Waals surface area contributed by atoms with E-state index in [1.54, 1.807) is 41.3 Å². The summed E-state index contributed by atoms with van der Waals surface area (Å²) in [5, 5.41) is 16.0. The molecule has 0 bridgehead atoms. The molecule has 2 amide bonds. The molecular weight excluding hydrogens is 452 g/mol. The van der Waals surface area contributed by atoms with Crippen molar-refractivity contribution in [1.82, 2.24) is 9.78 Å². The molecule has 0 spiro atoms. The van der Waals surface area contributed by atoms with Gasteiger partial charge in [-0.15, -0.1) is 0 Å². The standard InChI is InChI=1S/C26H23F2N5O2/c1-17(5-10-23(27)28)13-18-6-8-21(9-7-18)32-11-12-33-24(26(32)35)22(16-30-33)25(34)31-20-4-2-3-19(14-20)15-29/h2-4,6-9,14,16,23H,1,5,10-13H2,(H,31,34). The number of aromatic nitrogens is 2. The molecule has 0 fully saturated rings. The van der Waals surface area contributed by atoms with E-state index in [4.69, 9.17) is 5.26 Å². The van der Waals surface area contributed by atoms with Gasteiger partial charge in [0.1, 0.15) is 5.69 Å². The number of nitriles is 1. The van der Waals surface area contributed by atoms with Crippen molar-refractivity contribution >= 4 is 23.2 Å². The number of allylic oxidation sites excluding steroid dienone is 1. The maximum atomic E-state index is 13.3. The maximum absolute atomic E-state index is 13.3. The van der Waals surface area contributed by atoms with Crippen LogP contribution < -0.4 is 10.2 Å². The van der Waals surface area contributed by atoms with Gasteiger partial charge in [-0.05, 0) is 48.7 Å². The zero-order chi connectivity index (χ0) is 24.9. The summed E-state index contributed by atoms with van der Waals surface area (Å²) in [5.41, 5.74) is 3.50. The topological polar surface area (TPSA) is 91.0 Å². The number of amides is 2. The highest BCUT2D eigenvalue weighted by Crippen LogP contribution is 2.25. The summed E-state index contributed by atoms with van der Waals surface area (Å²) in [7, 11) is 0. The predicted octanol–water partition coefficient (Wildman–Crippen LogP) is 4.81. The Balaban J connectivity index is 1.48. The number of anilines is 2. The lowest BCUT2D eigenvalue weighted by molar-refractivity contribution is 0.0946. The number of carbonyl (C=O) groups is 2. The lowest BCUT2D eigenvalue weighted by Crippen LogP contribution is -2.41. The summed E-state index contributed by atoms with van der Waals surface area (Å²) in [5.74, 6) is -0.840. The van der Waals surface area contributed by atoms with Crippen LogP contribution in [0.25, 0.3) is 0 Å². The Kier molecular flexibility index (Phi) is 7.01. The van der Waals surface area contributed by atoms with Gasteiger partial charge in [-0.3, -0.25) is 14.3 Å². The monoisotopic (exact) mass is 475 g/mol. The van der Waals surface area contributed by atoms with Crippen LogP contribution in [0, 0.1) is 11.3 Å². The average molecular weight is 475 g/mol. The first kappa shape index (κ1) is 23.8. The third-order valence-corrected chi connectivity index (χ3v) is 5.74. The minimum atomic E-state index is -2.35. The van der Waals surface area contributed by atoms with Crippen LogP contribution in [0.1, 0.15) is 44.8 Å². The van der Waals surface area contributed by atoms with E-state index in [9.17, 15) is 18.4 Å². The molecule has 1 aliphatic rings. The van der Waals surface area contributed by atoms with E-state index in [1.807, 2.05) is 18.2 Å². The van der Waals surface area contributed by atoms with Gasteiger partial charge >= 0.3 is 0 Å². The molecule has 0 radical (unpaired) electrons. The lowest BCUT2D eigenvalue weighted by atomic mass is 10.0. The number of benzene rings is 2. The molecule has 178 valence electrons. The second-order valence-corrected chi connectivity index (χ2v) is 8.26. The van der Waals surface area contributed by atoms with Crippen molar-refractivity contribution in [3.8, 4) is 6.07 Å². The van der Waals surface area contributed by atoms with Crippen molar-refractivity contribution in [3.63, 3.8) is 0 Å². The second kappa shape index (κ2) is 10.3. The van der Waals surface area contributed by atoms with E-state index in [-0.39, 0.29) is 30.0 Å². The highest BCUT2D eigenvalue weighted by Gasteiger charge is 2.32. The fourth-order valence-electron chi connectivity index (χ4n) is 3.97. The number of carbonyl (C=O) groups excluding carboxylic acids is 2. The van der Waals surface area contributed by atoms with Crippen LogP contribution in [0.2, 0.25) is 0 Å². The van der Waals surface area contributed by atoms with Crippen molar-refractivity contribution < 1.29 is 18.4 Å². The van der Waals surface area contributed by atoms with Crippen molar-refractivity contribution in [1.29, 1.82) is 5.26 Å². The Bertz CT molecular complexity index is 1310. The van der Waals surface area contributed by atoms with Crippen molar-refractivity contribution in [3.05, 3.63) is 89.3 Å². The molecule has 1 N–H and O–H groups in total.